The number of carbonyl (C=O) groups excluding carboxylic acids is 1. The van der Waals surface area contributed by atoms with E-state index in [0.717, 1.165) is 58.6 Å². The molecule has 86 valence electrons. The van der Waals surface area contributed by atoms with Gasteiger partial charge in [0.2, 0.25) is 0 Å². The molecule has 0 aromatic rings. The summed E-state index contributed by atoms with van der Waals surface area (Å²) in [5, 5.41) is 0. The molecule has 2 heterocycles. The van der Waals surface area contributed by atoms with Gasteiger partial charge in [-0.25, -0.2) is 0 Å². The summed E-state index contributed by atoms with van der Waals surface area (Å²) in [5.41, 5.74) is -0.254. The quantitative estimate of drug-likeness (QED) is 0.633. The lowest BCUT2D eigenvalue weighted by Gasteiger charge is -2.38. The van der Waals surface area contributed by atoms with Crippen LogP contribution in [0.1, 0.15) is 12.8 Å². The Balaban J connectivity index is 1.90. The van der Waals surface area contributed by atoms with Crippen molar-refractivity contribution < 1.29 is 14.3 Å². The number of carbonyl (C=O) groups is 1. The Hall–Kier alpha value is -0.450. The molecule has 0 saturated carbocycles. The van der Waals surface area contributed by atoms with E-state index in [0.29, 0.717) is 6.61 Å². The molecule has 0 aromatic carbocycles. The molecular formula is C11H19NO3. The maximum Gasteiger partial charge on any atom is 0.129 e. The van der Waals surface area contributed by atoms with Gasteiger partial charge in [0.05, 0.1) is 25.2 Å². The van der Waals surface area contributed by atoms with Crippen LogP contribution in [0.4, 0.5) is 0 Å². The summed E-state index contributed by atoms with van der Waals surface area (Å²) in [5.74, 6) is 0. The van der Waals surface area contributed by atoms with Crippen LogP contribution in [0.15, 0.2) is 0 Å². The second-order valence-corrected chi connectivity index (χ2v) is 4.52. The van der Waals surface area contributed by atoms with E-state index in [2.05, 4.69) is 4.90 Å². The lowest BCUT2D eigenvalue weighted by molar-refractivity contribution is -0.126. The molecule has 0 spiro atoms. The fourth-order valence-corrected chi connectivity index (χ4v) is 2.33. The van der Waals surface area contributed by atoms with Crippen LogP contribution in [0.25, 0.3) is 0 Å². The van der Waals surface area contributed by atoms with Crippen LogP contribution in [0.2, 0.25) is 0 Å². The molecule has 0 radical (unpaired) electrons. The molecular weight excluding hydrogens is 194 g/mol. The van der Waals surface area contributed by atoms with Crippen molar-refractivity contribution in [1.82, 2.24) is 4.90 Å². The highest BCUT2D eigenvalue weighted by Gasteiger charge is 2.34. The highest BCUT2D eigenvalue weighted by molar-refractivity contribution is 5.60. The average Bonchev–Trinajstić information content (AvgIpc) is 2.32. The van der Waals surface area contributed by atoms with Gasteiger partial charge >= 0.3 is 0 Å². The van der Waals surface area contributed by atoms with Crippen LogP contribution in [0, 0.1) is 5.41 Å². The van der Waals surface area contributed by atoms with Crippen molar-refractivity contribution in [2.24, 2.45) is 5.41 Å². The monoisotopic (exact) mass is 213 g/mol. The predicted molar refractivity (Wildman–Crippen MR) is 55.8 cm³/mol. The summed E-state index contributed by atoms with van der Waals surface area (Å²) in [7, 11) is 0. The number of nitrogens with zero attached hydrogens (tertiary/aromatic N) is 1. The van der Waals surface area contributed by atoms with Crippen LogP contribution >= 0.6 is 0 Å². The van der Waals surface area contributed by atoms with Crippen LogP contribution < -0.4 is 0 Å². The van der Waals surface area contributed by atoms with Gasteiger partial charge in [0.1, 0.15) is 6.29 Å². The van der Waals surface area contributed by atoms with Crippen molar-refractivity contribution in [3.63, 3.8) is 0 Å². The Morgan fingerprint density at radius 3 is 2.60 bits per heavy atom. The molecule has 0 aromatic heterocycles. The molecule has 1 atom stereocenters. The fraction of sp³-hybridized carbons (Fsp3) is 0.909. The summed E-state index contributed by atoms with van der Waals surface area (Å²) in [4.78, 5) is 13.5. The minimum atomic E-state index is -0.254. The smallest absolute Gasteiger partial charge is 0.129 e. The summed E-state index contributed by atoms with van der Waals surface area (Å²) in [6, 6.07) is 0. The van der Waals surface area contributed by atoms with E-state index in [4.69, 9.17) is 9.47 Å². The summed E-state index contributed by atoms with van der Waals surface area (Å²) < 4.78 is 10.7. The normalized spacial score (nSPS) is 33.9. The highest BCUT2D eigenvalue weighted by Crippen LogP contribution is 2.27. The fourth-order valence-electron chi connectivity index (χ4n) is 2.33. The van der Waals surface area contributed by atoms with Crippen molar-refractivity contribution >= 4 is 6.29 Å². The summed E-state index contributed by atoms with van der Waals surface area (Å²) in [6.07, 6.45) is 3.07. The third kappa shape index (κ3) is 2.77. The van der Waals surface area contributed by atoms with Crippen molar-refractivity contribution in [2.45, 2.75) is 12.8 Å². The zero-order valence-corrected chi connectivity index (χ0v) is 9.11. The van der Waals surface area contributed by atoms with Gasteiger partial charge in [-0.15, -0.1) is 0 Å². The molecule has 4 heteroatoms. The van der Waals surface area contributed by atoms with Gasteiger partial charge in [-0.05, 0) is 12.8 Å². The first-order chi connectivity index (χ1) is 7.35. The van der Waals surface area contributed by atoms with E-state index in [1.54, 1.807) is 0 Å². The van der Waals surface area contributed by atoms with Gasteiger partial charge in [0, 0.05) is 26.2 Å². The number of morpholine rings is 1. The van der Waals surface area contributed by atoms with Gasteiger partial charge in [0.15, 0.2) is 0 Å². The maximum absolute atomic E-state index is 11.2. The Labute approximate surface area is 90.5 Å². The van der Waals surface area contributed by atoms with Crippen molar-refractivity contribution in [3.8, 4) is 0 Å². The summed E-state index contributed by atoms with van der Waals surface area (Å²) >= 11 is 0. The molecule has 2 saturated heterocycles. The van der Waals surface area contributed by atoms with Gasteiger partial charge in [-0.3, -0.25) is 4.90 Å². The topological polar surface area (TPSA) is 38.8 Å². The first-order valence-corrected chi connectivity index (χ1v) is 5.69. The molecule has 0 aliphatic carbocycles. The molecule has 15 heavy (non-hydrogen) atoms. The van der Waals surface area contributed by atoms with E-state index in [1.165, 1.54) is 0 Å². The van der Waals surface area contributed by atoms with Gasteiger partial charge in [0.25, 0.3) is 0 Å². The zero-order chi connectivity index (χ0) is 10.6. The zero-order valence-electron chi connectivity index (χ0n) is 9.11. The Morgan fingerprint density at radius 2 is 2.00 bits per heavy atom. The molecule has 0 bridgehead atoms. The largest absolute Gasteiger partial charge is 0.380 e. The minimum Gasteiger partial charge on any atom is -0.380 e. The van der Waals surface area contributed by atoms with Gasteiger partial charge in [-0.2, -0.15) is 0 Å². The molecule has 2 aliphatic heterocycles. The third-order valence-corrected chi connectivity index (χ3v) is 3.25. The number of ether oxygens (including phenoxy) is 2. The minimum absolute atomic E-state index is 0.254. The van der Waals surface area contributed by atoms with Crippen LogP contribution in [-0.4, -0.2) is 57.2 Å². The highest BCUT2D eigenvalue weighted by atomic mass is 16.5. The Morgan fingerprint density at radius 1 is 1.20 bits per heavy atom. The SMILES string of the molecule is O=CC1(CN2CCOCC2)CCCOC1. The van der Waals surface area contributed by atoms with Crippen molar-refractivity contribution in [2.75, 3.05) is 46.1 Å². The van der Waals surface area contributed by atoms with E-state index in [-0.39, 0.29) is 5.41 Å². The standard InChI is InChI=1S/C11H19NO3/c13-9-11(2-1-5-15-10-11)8-12-3-6-14-7-4-12/h9H,1-8,10H2. The maximum atomic E-state index is 11.2. The predicted octanol–water partition coefficient (Wildman–Crippen LogP) is 0.314. The van der Waals surface area contributed by atoms with Crippen molar-refractivity contribution in [1.29, 1.82) is 0 Å². The first-order valence-electron chi connectivity index (χ1n) is 5.69. The molecule has 2 rings (SSSR count). The van der Waals surface area contributed by atoms with Crippen LogP contribution in [0.3, 0.4) is 0 Å². The van der Waals surface area contributed by atoms with Crippen LogP contribution in [-0.2, 0) is 14.3 Å². The molecule has 2 fully saturated rings. The third-order valence-electron chi connectivity index (χ3n) is 3.25. The van der Waals surface area contributed by atoms with E-state index >= 15 is 0 Å². The first kappa shape index (κ1) is 11.0. The second kappa shape index (κ2) is 5.05. The van der Waals surface area contributed by atoms with Crippen molar-refractivity contribution in [3.05, 3.63) is 0 Å². The van der Waals surface area contributed by atoms with Gasteiger partial charge < -0.3 is 14.3 Å². The number of rotatable bonds is 3. The van der Waals surface area contributed by atoms with E-state index in [9.17, 15) is 4.79 Å². The Bertz CT molecular complexity index is 208. The molecule has 1 unspecified atom stereocenters. The Kier molecular flexibility index (Phi) is 3.72. The molecule has 2 aliphatic rings. The average molecular weight is 213 g/mol. The number of hydrogen-bond donors (Lipinski definition) is 0. The number of hydrogen-bond acceptors (Lipinski definition) is 4. The second-order valence-electron chi connectivity index (χ2n) is 4.52. The number of aldehydes is 1. The van der Waals surface area contributed by atoms with E-state index in [1.807, 2.05) is 0 Å². The molecule has 4 nitrogen and oxygen atoms in total. The summed E-state index contributed by atoms with van der Waals surface area (Å²) in [6.45, 7) is 5.68. The lowest BCUT2D eigenvalue weighted by Crippen LogP contribution is -2.47. The molecule has 0 N–H and O–H groups in total. The van der Waals surface area contributed by atoms with Crippen LogP contribution in [0.5, 0.6) is 0 Å². The van der Waals surface area contributed by atoms with Gasteiger partial charge in [-0.1, -0.05) is 0 Å². The lowest BCUT2D eigenvalue weighted by atomic mass is 9.83. The van der Waals surface area contributed by atoms with E-state index < -0.39 is 0 Å². The molecule has 0 amide bonds.